The highest BCUT2D eigenvalue weighted by atomic mass is 19.2. The van der Waals surface area contributed by atoms with Gasteiger partial charge in [0.25, 0.3) is 0 Å². The summed E-state index contributed by atoms with van der Waals surface area (Å²) in [7, 11) is 0. The fourth-order valence-electron chi connectivity index (χ4n) is 4.81. The monoisotopic (exact) mass is 484 g/mol. The van der Waals surface area contributed by atoms with Crippen LogP contribution in [-0.2, 0) is 6.61 Å². The minimum atomic E-state index is -0.978. The molecule has 3 aromatic rings. The van der Waals surface area contributed by atoms with Gasteiger partial charge in [0.05, 0.1) is 12.7 Å². The quantitative estimate of drug-likeness (QED) is 0.362. The van der Waals surface area contributed by atoms with Crippen molar-refractivity contribution in [1.82, 2.24) is 0 Å². The smallest absolute Gasteiger partial charge is 0.200 e. The first-order valence-electron chi connectivity index (χ1n) is 12.2. The minimum absolute atomic E-state index is 0.0518. The molecule has 1 unspecified atom stereocenters. The summed E-state index contributed by atoms with van der Waals surface area (Å²) < 4.78 is 54.9. The van der Waals surface area contributed by atoms with E-state index < -0.39 is 11.6 Å². The second-order valence-corrected chi connectivity index (χ2v) is 9.19. The van der Waals surface area contributed by atoms with Gasteiger partial charge in [-0.1, -0.05) is 30.3 Å². The number of ether oxygens (including phenoxy) is 2. The average Bonchev–Trinajstić information content (AvgIpc) is 2.86. The van der Waals surface area contributed by atoms with Crippen molar-refractivity contribution in [3.8, 4) is 22.6 Å². The van der Waals surface area contributed by atoms with Gasteiger partial charge in [-0.15, -0.1) is 0 Å². The Morgan fingerprint density at radius 2 is 1.60 bits per heavy atom. The van der Waals surface area contributed by atoms with E-state index in [0.717, 1.165) is 31.2 Å². The average molecular weight is 485 g/mol. The van der Waals surface area contributed by atoms with Gasteiger partial charge in [0.2, 0.25) is 5.82 Å². The number of aliphatic hydroxyl groups excluding tert-OH is 1. The summed E-state index contributed by atoms with van der Waals surface area (Å²) >= 11 is 0. The molecule has 0 aromatic heterocycles. The van der Waals surface area contributed by atoms with Crippen LogP contribution in [0.4, 0.5) is 13.2 Å². The highest BCUT2D eigenvalue weighted by molar-refractivity contribution is 5.65. The number of hydrogen-bond donors (Lipinski definition) is 1. The largest absolute Gasteiger partial charge is 0.494 e. The molecule has 0 spiro atoms. The van der Waals surface area contributed by atoms with Crippen LogP contribution in [0.3, 0.4) is 0 Å². The minimum Gasteiger partial charge on any atom is -0.494 e. The Kier molecular flexibility index (Phi) is 8.01. The van der Waals surface area contributed by atoms with Crippen LogP contribution in [0.2, 0.25) is 0 Å². The third-order valence-electron chi connectivity index (χ3n) is 6.88. The Balaban J connectivity index is 1.39. The summed E-state index contributed by atoms with van der Waals surface area (Å²) in [6.07, 6.45) is 2.69. The van der Waals surface area contributed by atoms with Crippen molar-refractivity contribution in [1.29, 1.82) is 0 Å². The van der Waals surface area contributed by atoms with E-state index in [1.807, 2.05) is 6.92 Å². The Hall–Kier alpha value is -2.99. The fourth-order valence-corrected chi connectivity index (χ4v) is 4.81. The Labute approximate surface area is 204 Å². The van der Waals surface area contributed by atoms with Crippen LogP contribution >= 0.6 is 0 Å². The van der Waals surface area contributed by atoms with Crippen LogP contribution in [0.15, 0.2) is 54.6 Å². The number of aliphatic hydroxyl groups is 1. The van der Waals surface area contributed by atoms with Crippen LogP contribution in [0, 0.1) is 23.4 Å². The van der Waals surface area contributed by atoms with Gasteiger partial charge >= 0.3 is 0 Å². The molecule has 35 heavy (non-hydrogen) atoms. The molecule has 1 N–H and O–H groups in total. The van der Waals surface area contributed by atoms with Crippen molar-refractivity contribution >= 4 is 0 Å². The summed E-state index contributed by atoms with van der Waals surface area (Å²) in [5.74, 6) is -1.70. The van der Waals surface area contributed by atoms with Gasteiger partial charge in [0.15, 0.2) is 11.6 Å². The maximum atomic E-state index is 14.8. The summed E-state index contributed by atoms with van der Waals surface area (Å²) in [6.45, 7) is 4.14. The normalized spacial score (nSPS) is 18.8. The molecule has 3 nitrogen and oxygen atoms in total. The van der Waals surface area contributed by atoms with Gasteiger partial charge in [-0.2, -0.15) is 4.39 Å². The molecule has 0 bridgehead atoms. The zero-order valence-electron chi connectivity index (χ0n) is 20.1. The molecule has 0 aliphatic heterocycles. The van der Waals surface area contributed by atoms with Gasteiger partial charge in [0.1, 0.15) is 18.2 Å². The molecule has 0 radical (unpaired) electrons. The van der Waals surface area contributed by atoms with Gasteiger partial charge < -0.3 is 14.6 Å². The lowest BCUT2D eigenvalue weighted by atomic mass is 9.77. The van der Waals surface area contributed by atoms with E-state index in [4.69, 9.17) is 9.47 Å². The van der Waals surface area contributed by atoms with E-state index in [0.29, 0.717) is 29.0 Å². The van der Waals surface area contributed by atoms with Crippen LogP contribution < -0.4 is 9.47 Å². The molecule has 0 heterocycles. The molecule has 1 fully saturated rings. The summed E-state index contributed by atoms with van der Waals surface area (Å²) in [6, 6.07) is 14.9. The molecule has 3 aromatic carbocycles. The molecule has 1 aliphatic carbocycles. The zero-order chi connectivity index (χ0) is 24.9. The van der Waals surface area contributed by atoms with E-state index in [1.165, 1.54) is 12.1 Å². The summed E-state index contributed by atoms with van der Waals surface area (Å²) in [5, 5.41) is 9.76. The van der Waals surface area contributed by atoms with Gasteiger partial charge in [-0.25, -0.2) is 8.78 Å². The maximum Gasteiger partial charge on any atom is 0.200 e. The second-order valence-electron chi connectivity index (χ2n) is 9.19. The first-order chi connectivity index (χ1) is 16.9. The molecule has 186 valence electrons. The number of benzene rings is 3. The van der Waals surface area contributed by atoms with E-state index in [1.54, 1.807) is 49.4 Å². The van der Waals surface area contributed by atoms with Gasteiger partial charge in [0, 0.05) is 11.6 Å². The number of halogens is 3. The third-order valence-corrected chi connectivity index (χ3v) is 6.88. The first-order valence-corrected chi connectivity index (χ1v) is 12.2. The molecule has 4 rings (SSSR count). The van der Waals surface area contributed by atoms with Crippen LogP contribution in [-0.4, -0.2) is 17.8 Å². The van der Waals surface area contributed by atoms with E-state index in [9.17, 15) is 18.3 Å². The van der Waals surface area contributed by atoms with Gasteiger partial charge in [-0.05, 0) is 86.3 Å². The van der Waals surface area contributed by atoms with Crippen LogP contribution in [0.5, 0.6) is 11.5 Å². The predicted molar refractivity (Wildman–Crippen MR) is 130 cm³/mol. The second kappa shape index (κ2) is 11.2. The molecule has 6 heteroatoms. The highest BCUT2D eigenvalue weighted by Crippen LogP contribution is 2.39. The molecule has 1 atom stereocenters. The lowest BCUT2D eigenvalue weighted by Crippen LogP contribution is -2.23. The fraction of sp³-hybridized carbons (Fsp3) is 0.379. The molecular weight excluding hydrogens is 453 g/mol. The topological polar surface area (TPSA) is 38.7 Å². The highest BCUT2D eigenvalue weighted by Gasteiger charge is 2.28. The molecule has 0 amide bonds. The van der Waals surface area contributed by atoms with Crippen molar-refractivity contribution < 1.29 is 27.8 Å². The summed E-state index contributed by atoms with van der Waals surface area (Å²) in [5.41, 5.74) is 2.27. The van der Waals surface area contributed by atoms with Crippen LogP contribution in [0.1, 0.15) is 56.6 Å². The van der Waals surface area contributed by atoms with E-state index >= 15 is 0 Å². The van der Waals surface area contributed by atoms with Gasteiger partial charge in [-0.3, -0.25) is 0 Å². The van der Waals surface area contributed by atoms with Crippen molar-refractivity contribution in [2.45, 2.75) is 58.2 Å². The predicted octanol–water partition coefficient (Wildman–Crippen LogP) is 7.40. The van der Waals surface area contributed by atoms with Crippen LogP contribution in [0.25, 0.3) is 11.1 Å². The van der Waals surface area contributed by atoms with Crippen molar-refractivity contribution in [3.63, 3.8) is 0 Å². The lowest BCUT2D eigenvalue weighted by Gasteiger charge is -2.30. The number of rotatable bonds is 8. The lowest BCUT2D eigenvalue weighted by molar-refractivity contribution is 0.0963. The SMILES string of the molecule is CCOc1ccc(-c2ccc(COc3ccc(C4CCC(C(C)O)CC4)c(F)c3F)cc2)c(F)c1. The first kappa shape index (κ1) is 25.1. The Bertz CT molecular complexity index is 1140. The third kappa shape index (κ3) is 5.81. The molecule has 0 saturated heterocycles. The molecular formula is C29H31F3O3. The maximum absolute atomic E-state index is 14.8. The van der Waals surface area contributed by atoms with Crippen molar-refractivity contribution in [3.05, 3.63) is 83.2 Å². The molecule has 1 aliphatic rings. The Morgan fingerprint density at radius 3 is 2.23 bits per heavy atom. The standard InChI is InChI=1S/C29H31F3O3/c1-3-34-23-12-13-24(26(30)16-23)21-6-4-19(5-7-21)17-35-27-15-14-25(28(31)29(27)32)22-10-8-20(9-11-22)18(2)33/h4-7,12-16,18,20,22,33H,3,8-11,17H2,1-2H3. The van der Waals surface area contributed by atoms with Crippen molar-refractivity contribution in [2.24, 2.45) is 5.92 Å². The van der Waals surface area contributed by atoms with E-state index in [2.05, 4.69) is 0 Å². The summed E-state index contributed by atoms with van der Waals surface area (Å²) in [4.78, 5) is 0. The Morgan fingerprint density at radius 1 is 0.886 bits per heavy atom. The zero-order valence-corrected chi connectivity index (χ0v) is 20.1. The van der Waals surface area contributed by atoms with Crippen molar-refractivity contribution in [2.75, 3.05) is 6.61 Å². The van der Waals surface area contributed by atoms with E-state index in [-0.39, 0.29) is 36.1 Å². The molecule has 1 saturated carbocycles. The number of hydrogen-bond acceptors (Lipinski definition) is 3.